The molecule has 49 heavy (non-hydrogen) atoms. The van der Waals surface area contributed by atoms with Crippen molar-refractivity contribution in [2.24, 2.45) is 17.8 Å². The number of carbonyl (C=O) groups is 4. The minimum absolute atomic E-state index is 0.0245. The lowest BCUT2D eigenvalue weighted by Gasteiger charge is -2.46. The summed E-state index contributed by atoms with van der Waals surface area (Å²) < 4.78 is 40.6. The standard InChI is InChI=1S/C34H58O15/c1-8-9-10-11-12-13-14-15-24(38)44-28-27(46-31(41)20(4)5)26(45-30(40)19(2)3)23(17-36)43-33(28)49-34(18-37)29(47-32(42)21(6)7)25(39)22(16-35)48-34/h19-23,25-29,33,35-37,39H,8-18H2,1-7H3/t22-,23-,25+,26+,27-,28+,29+,33+,34+/m0/s1. The van der Waals surface area contributed by atoms with Gasteiger partial charge in [0.15, 0.2) is 24.4 Å². The van der Waals surface area contributed by atoms with Gasteiger partial charge in [-0.05, 0) is 6.42 Å². The van der Waals surface area contributed by atoms with Crippen molar-refractivity contribution < 1.29 is 72.8 Å². The largest absolute Gasteiger partial charge is 0.455 e. The molecule has 0 unspecified atom stereocenters. The van der Waals surface area contributed by atoms with Gasteiger partial charge in [-0.3, -0.25) is 19.2 Å². The number of ether oxygens (including phenoxy) is 7. The molecule has 0 saturated carbocycles. The van der Waals surface area contributed by atoms with Crippen LogP contribution in [0, 0.1) is 17.8 Å². The van der Waals surface area contributed by atoms with E-state index in [1.807, 2.05) is 0 Å². The van der Waals surface area contributed by atoms with Crippen LogP contribution in [0.2, 0.25) is 0 Å². The summed E-state index contributed by atoms with van der Waals surface area (Å²) in [4.78, 5) is 51.8. The van der Waals surface area contributed by atoms with Crippen molar-refractivity contribution in [2.45, 2.75) is 155 Å². The van der Waals surface area contributed by atoms with E-state index in [0.717, 1.165) is 38.5 Å². The molecule has 0 radical (unpaired) electrons. The SMILES string of the molecule is CCCCCCCCCC(=O)O[C@H]1[C@@H](O[C@@]2(CO)O[C@@H](CO)[C@@H](O)[C@H]2OC(=O)C(C)C)O[C@@H](CO)[C@@H](OC(=O)C(C)C)[C@@H]1OC(=O)C(C)C. The zero-order valence-corrected chi connectivity index (χ0v) is 29.9. The summed E-state index contributed by atoms with van der Waals surface area (Å²) >= 11 is 0. The Bertz CT molecular complexity index is 1050. The third kappa shape index (κ3) is 11.8. The number of hydrogen-bond donors (Lipinski definition) is 4. The van der Waals surface area contributed by atoms with E-state index in [-0.39, 0.29) is 6.42 Å². The maximum absolute atomic E-state index is 13.3. The number of esters is 4. The van der Waals surface area contributed by atoms with Crippen molar-refractivity contribution >= 4 is 23.9 Å². The first-order chi connectivity index (χ1) is 23.2. The molecule has 4 N–H and O–H groups in total. The highest BCUT2D eigenvalue weighted by Crippen LogP contribution is 2.40. The van der Waals surface area contributed by atoms with Crippen molar-refractivity contribution in [3.8, 4) is 0 Å². The average molecular weight is 707 g/mol. The van der Waals surface area contributed by atoms with Gasteiger partial charge in [-0.15, -0.1) is 0 Å². The number of unbranched alkanes of at least 4 members (excludes halogenated alkanes) is 6. The summed E-state index contributed by atoms with van der Waals surface area (Å²) in [7, 11) is 0. The fraction of sp³-hybridized carbons (Fsp3) is 0.882. The monoisotopic (exact) mass is 706 g/mol. The number of hydrogen-bond acceptors (Lipinski definition) is 15. The van der Waals surface area contributed by atoms with Crippen LogP contribution in [-0.2, 0) is 52.3 Å². The van der Waals surface area contributed by atoms with Crippen LogP contribution < -0.4 is 0 Å². The molecule has 2 rings (SSSR count). The molecule has 15 heteroatoms. The van der Waals surface area contributed by atoms with Crippen molar-refractivity contribution in [1.82, 2.24) is 0 Å². The molecule has 284 valence electrons. The van der Waals surface area contributed by atoms with E-state index < -0.39 is 116 Å². The first-order valence-electron chi connectivity index (χ1n) is 17.5. The molecule has 2 aliphatic heterocycles. The summed E-state index contributed by atoms with van der Waals surface area (Å²) in [6.45, 7) is 8.88. The Morgan fingerprint density at radius 2 is 1.18 bits per heavy atom. The third-order valence-corrected chi connectivity index (χ3v) is 8.38. The fourth-order valence-corrected chi connectivity index (χ4v) is 5.37. The van der Waals surface area contributed by atoms with Crippen molar-refractivity contribution in [2.75, 3.05) is 19.8 Å². The summed E-state index contributed by atoms with van der Waals surface area (Å²) in [5.74, 6) is -7.35. The normalized spacial score (nSPS) is 30.1. The maximum atomic E-state index is 13.3. The Morgan fingerprint density at radius 3 is 1.69 bits per heavy atom. The molecular formula is C34H58O15. The van der Waals surface area contributed by atoms with Crippen LogP contribution in [0.25, 0.3) is 0 Å². The molecule has 0 aromatic heterocycles. The van der Waals surface area contributed by atoms with E-state index in [2.05, 4.69) is 6.92 Å². The van der Waals surface area contributed by atoms with Crippen molar-refractivity contribution in [3.05, 3.63) is 0 Å². The fourth-order valence-electron chi connectivity index (χ4n) is 5.37. The minimum atomic E-state index is -2.39. The third-order valence-electron chi connectivity index (χ3n) is 8.38. The summed E-state index contributed by atoms with van der Waals surface area (Å²) in [6, 6.07) is 0. The van der Waals surface area contributed by atoms with Gasteiger partial charge in [-0.1, -0.05) is 87.0 Å². The number of carbonyl (C=O) groups excluding carboxylic acids is 4. The van der Waals surface area contributed by atoms with Gasteiger partial charge in [0.25, 0.3) is 0 Å². The van der Waals surface area contributed by atoms with Gasteiger partial charge >= 0.3 is 23.9 Å². The zero-order valence-electron chi connectivity index (χ0n) is 29.9. The van der Waals surface area contributed by atoms with Gasteiger partial charge in [0.05, 0.1) is 31.0 Å². The van der Waals surface area contributed by atoms with Crippen LogP contribution in [0.15, 0.2) is 0 Å². The van der Waals surface area contributed by atoms with E-state index in [0.29, 0.717) is 6.42 Å². The first kappa shape index (κ1) is 42.8. The molecule has 9 atom stereocenters. The van der Waals surface area contributed by atoms with Crippen molar-refractivity contribution in [3.63, 3.8) is 0 Å². The highest BCUT2D eigenvalue weighted by atomic mass is 16.8. The van der Waals surface area contributed by atoms with Crippen LogP contribution >= 0.6 is 0 Å². The van der Waals surface area contributed by atoms with E-state index >= 15 is 0 Å². The van der Waals surface area contributed by atoms with Gasteiger partial charge in [-0.25, -0.2) is 0 Å². The van der Waals surface area contributed by atoms with Crippen LogP contribution in [0.3, 0.4) is 0 Å². The molecule has 0 bridgehead atoms. The molecule has 2 saturated heterocycles. The first-order valence-corrected chi connectivity index (χ1v) is 17.5. The molecule has 2 fully saturated rings. The van der Waals surface area contributed by atoms with Crippen LogP contribution in [0.5, 0.6) is 0 Å². The lowest BCUT2D eigenvalue weighted by molar-refractivity contribution is -0.384. The minimum Gasteiger partial charge on any atom is -0.455 e. The Morgan fingerprint density at radius 1 is 0.673 bits per heavy atom. The second-order valence-electron chi connectivity index (χ2n) is 13.6. The second-order valence-corrected chi connectivity index (χ2v) is 13.6. The predicted molar refractivity (Wildman–Crippen MR) is 171 cm³/mol. The Hall–Kier alpha value is -2.40. The molecule has 0 spiro atoms. The molecule has 0 aromatic carbocycles. The number of rotatable bonds is 20. The molecular weight excluding hydrogens is 648 g/mol. The molecule has 0 amide bonds. The number of aliphatic hydroxyl groups excluding tert-OH is 4. The lowest BCUT2D eigenvalue weighted by Crippen LogP contribution is -2.65. The van der Waals surface area contributed by atoms with Crippen LogP contribution in [0.1, 0.15) is 99.8 Å². The lowest BCUT2D eigenvalue weighted by atomic mass is 9.97. The highest BCUT2D eigenvalue weighted by Gasteiger charge is 2.62. The van der Waals surface area contributed by atoms with E-state index in [9.17, 15) is 39.6 Å². The molecule has 15 nitrogen and oxygen atoms in total. The van der Waals surface area contributed by atoms with Crippen molar-refractivity contribution in [1.29, 1.82) is 0 Å². The van der Waals surface area contributed by atoms with E-state index in [1.165, 1.54) is 0 Å². The van der Waals surface area contributed by atoms with Gasteiger partial charge in [0, 0.05) is 6.42 Å². The summed E-state index contributed by atoms with van der Waals surface area (Å²) in [5, 5.41) is 41.9. The summed E-state index contributed by atoms with van der Waals surface area (Å²) in [6.07, 6.45) is -6.22. The maximum Gasteiger partial charge on any atom is 0.308 e. The molecule has 0 aliphatic carbocycles. The van der Waals surface area contributed by atoms with E-state index in [4.69, 9.17) is 33.2 Å². The highest BCUT2D eigenvalue weighted by molar-refractivity contribution is 5.73. The van der Waals surface area contributed by atoms with E-state index in [1.54, 1.807) is 41.5 Å². The second kappa shape index (κ2) is 20.4. The van der Waals surface area contributed by atoms with Gasteiger partial charge < -0.3 is 53.6 Å². The van der Waals surface area contributed by atoms with Gasteiger partial charge in [-0.2, -0.15) is 0 Å². The number of aliphatic hydroxyl groups is 4. The Balaban J connectivity index is 2.55. The zero-order chi connectivity index (χ0) is 36.9. The Labute approximate surface area is 288 Å². The summed E-state index contributed by atoms with van der Waals surface area (Å²) in [5.41, 5.74) is 0. The van der Waals surface area contributed by atoms with Crippen LogP contribution in [-0.4, -0.2) is 119 Å². The van der Waals surface area contributed by atoms with Gasteiger partial charge in [0.2, 0.25) is 12.1 Å². The predicted octanol–water partition coefficient (Wildman–Crippen LogP) is 1.92. The molecule has 2 heterocycles. The Kier molecular flexibility index (Phi) is 17.8. The topological polar surface area (TPSA) is 214 Å². The molecule has 0 aromatic rings. The van der Waals surface area contributed by atoms with Crippen LogP contribution in [0.4, 0.5) is 0 Å². The van der Waals surface area contributed by atoms with Gasteiger partial charge in [0.1, 0.15) is 24.9 Å². The molecule has 2 aliphatic rings. The average Bonchev–Trinajstić information content (AvgIpc) is 3.32. The smallest absolute Gasteiger partial charge is 0.308 e. The quantitative estimate of drug-likeness (QED) is 0.0809.